The number of aliphatic hydroxyl groups is 2. The Morgan fingerprint density at radius 1 is 0.875 bits per heavy atom. The summed E-state index contributed by atoms with van der Waals surface area (Å²) >= 11 is 0. The van der Waals surface area contributed by atoms with Gasteiger partial charge in [0.1, 0.15) is 24.2 Å². The van der Waals surface area contributed by atoms with Crippen molar-refractivity contribution in [3.63, 3.8) is 0 Å². The van der Waals surface area contributed by atoms with Crippen LogP contribution in [-0.4, -0.2) is 88.3 Å². The van der Waals surface area contributed by atoms with E-state index in [1.807, 2.05) is 5.32 Å². The Bertz CT molecular complexity index is 659. The zero-order valence-corrected chi connectivity index (χ0v) is 18.0. The average Bonchev–Trinajstić information content (AvgIpc) is 2.72. The highest BCUT2D eigenvalue weighted by atomic mass is 16.4. The molecule has 0 saturated heterocycles. The second-order valence-electron chi connectivity index (χ2n) is 7.26. The number of amides is 4. The zero-order chi connectivity index (χ0) is 24.8. The number of carboxylic acids is 1. The molecular weight excluding hydrogens is 428 g/mol. The molecule has 0 aliphatic carbocycles. The highest BCUT2D eigenvalue weighted by Crippen LogP contribution is 2.05. The average molecular weight is 463 g/mol. The van der Waals surface area contributed by atoms with Crippen molar-refractivity contribution in [2.45, 2.75) is 69.3 Å². The van der Waals surface area contributed by atoms with Crippen molar-refractivity contribution < 1.29 is 39.3 Å². The van der Waals surface area contributed by atoms with E-state index in [1.54, 1.807) is 0 Å². The van der Waals surface area contributed by atoms with Gasteiger partial charge in [0.05, 0.1) is 12.7 Å². The molecule has 0 radical (unpaired) electrons. The number of hydrogen-bond acceptors (Lipinski definition) is 9. The Labute approximate surface area is 185 Å². The third-order valence-electron chi connectivity index (χ3n) is 4.51. The van der Waals surface area contributed by atoms with Gasteiger partial charge in [-0.15, -0.1) is 0 Å². The summed E-state index contributed by atoms with van der Waals surface area (Å²) < 4.78 is 0. The van der Waals surface area contributed by atoms with Gasteiger partial charge in [-0.3, -0.25) is 19.2 Å². The van der Waals surface area contributed by atoms with Crippen LogP contribution in [0.25, 0.3) is 0 Å². The predicted octanol–water partition coefficient (Wildman–Crippen LogP) is -4.38. The maximum absolute atomic E-state index is 12.8. The number of carbonyl (C=O) groups is 5. The molecule has 0 spiro atoms. The van der Waals surface area contributed by atoms with Gasteiger partial charge in [0.2, 0.25) is 23.6 Å². The van der Waals surface area contributed by atoms with Crippen LogP contribution in [0.15, 0.2) is 0 Å². The summed E-state index contributed by atoms with van der Waals surface area (Å²) in [6, 6.07) is -5.44. The van der Waals surface area contributed by atoms with Gasteiger partial charge >= 0.3 is 5.97 Å². The van der Waals surface area contributed by atoms with Crippen LogP contribution < -0.4 is 33.2 Å². The first-order valence-electron chi connectivity index (χ1n) is 10.1. The quantitative estimate of drug-likeness (QED) is 0.0994. The minimum absolute atomic E-state index is 0.139. The first-order chi connectivity index (χ1) is 14.9. The van der Waals surface area contributed by atoms with E-state index in [9.17, 15) is 29.1 Å². The summed E-state index contributed by atoms with van der Waals surface area (Å²) in [6.45, 7) is 0.751. The summed E-state index contributed by atoms with van der Waals surface area (Å²) in [5.74, 6) is -4.82. The molecule has 14 heteroatoms. The molecule has 0 aromatic heterocycles. The standard InChI is InChI=1S/C18H34N6O8/c1-9(26)14(21)17(30)23-10(4-2-3-7-19)15(28)22-11(5-6-13(20)27)16(29)24-12(8-25)18(31)32/h9-12,14,25-26H,2-8,19,21H2,1H3,(H2,20,27)(H,22,28)(H,23,30)(H,24,29)(H,31,32). The highest BCUT2D eigenvalue weighted by molar-refractivity contribution is 5.94. The first-order valence-corrected chi connectivity index (χ1v) is 10.1. The Morgan fingerprint density at radius 3 is 1.81 bits per heavy atom. The third-order valence-corrected chi connectivity index (χ3v) is 4.51. The third kappa shape index (κ3) is 11.0. The highest BCUT2D eigenvalue weighted by Gasteiger charge is 2.30. The molecule has 4 amide bonds. The minimum Gasteiger partial charge on any atom is -0.480 e. The summed E-state index contributed by atoms with van der Waals surface area (Å²) in [7, 11) is 0. The molecule has 184 valence electrons. The molecule has 0 bridgehead atoms. The largest absolute Gasteiger partial charge is 0.480 e. The maximum Gasteiger partial charge on any atom is 0.328 e. The molecule has 0 aliphatic rings. The normalized spacial score (nSPS) is 15.5. The van der Waals surface area contributed by atoms with Crippen molar-refractivity contribution in [1.29, 1.82) is 0 Å². The van der Waals surface area contributed by atoms with Gasteiger partial charge in [-0.05, 0) is 39.2 Å². The number of carboxylic acid groups (broad SMARTS) is 1. The monoisotopic (exact) mass is 462 g/mol. The van der Waals surface area contributed by atoms with E-state index in [2.05, 4.69) is 10.6 Å². The lowest BCUT2D eigenvalue weighted by Gasteiger charge is -2.25. The van der Waals surface area contributed by atoms with E-state index in [1.165, 1.54) is 6.92 Å². The van der Waals surface area contributed by atoms with Gasteiger partial charge in [-0.1, -0.05) is 0 Å². The molecule has 32 heavy (non-hydrogen) atoms. The van der Waals surface area contributed by atoms with Crippen molar-refractivity contribution in [3.05, 3.63) is 0 Å². The molecule has 0 aromatic carbocycles. The van der Waals surface area contributed by atoms with E-state index in [0.29, 0.717) is 19.4 Å². The van der Waals surface area contributed by atoms with E-state index >= 15 is 0 Å². The van der Waals surface area contributed by atoms with Crippen LogP contribution in [0.4, 0.5) is 0 Å². The van der Waals surface area contributed by atoms with Gasteiger partial charge in [0, 0.05) is 6.42 Å². The molecule has 14 nitrogen and oxygen atoms in total. The fraction of sp³-hybridized carbons (Fsp3) is 0.722. The van der Waals surface area contributed by atoms with Gasteiger partial charge in [-0.25, -0.2) is 4.79 Å². The SMILES string of the molecule is CC(O)C(N)C(=O)NC(CCCCN)C(=O)NC(CCC(N)=O)C(=O)NC(CO)C(=O)O. The topological polar surface area (TPSA) is 260 Å². The molecule has 12 N–H and O–H groups in total. The fourth-order valence-corrected chi connectivity index (χ4v) is 2.53. The molecule has 0 heterocycles. The van der Waals surface area contributed by atoms with Crippen LogP contribution in [0.1, 0.15) is 39.0 Å². The summed E-state index contributed by atoms with van der Waals surface area (Å²) in [5.41, 5.74) is 16.1. The van der Waals surface area contributed by atoms with Crippen LogP contribution in [0.3, 0.4) is 0 Å². The minimum atomic E-state index is -1.63. The lowest BCUT2D eigenvalue weighted by Crippen LogP contribution is -2.58. The van der Waals surface area contributed by atoms with Crippen LogP contribution in [-0.2, 0) is 24.0 Å². The van der Waals surface area contributed by atoms with E-state index in [4.69, 9.17) is 27.4 Å². The maximum atomic E-state index is 12.8. The Hall–Kier alpha value is -2.81. The Balaban J connectivity index is 5.48. The van der Waals surface area contributed by atoms with Crippen molar-refractivity contribution in [2.24, 2.45) is 17.2 Å². The fourth-order valence-electron chi connectivity index (χ4n) is 2.53. The number of carbonyl (C=O) groups excluding carboxylic acids is 4. The molecule has 0 aliphatic heterocycles. The number of aliphatic carboxylic acids is 1. The molecule has 0 aromatic rings. The lowest BCUT2D eigenvalue weighted by molar-refractivity contribution is -0.143. The molecule has 0 saturated carbocycles. The smallest absolute Gasteiger partial charge is 0.328 e. The number of hydrogen-bond donors (Lipinski definition) is 9. The zero-order valence-electron chi connectivity index (χ0n) is 18.0. The number of rotatable bonds is 16. The van der Waals surface area contributed by atoms with Crippen molar-refractivity contribution in [2.75, 3.05) is 13.2 Å². The number of primary amides is 1. The van der Waals surface area contributed by atoms with E-state index in [-0.39, 0.29) is 19.3 Å². The summed E-state index contributed by atoms with van der Waals surface area (Å²) in [4.78, 5) is 59.6. The first kappa shape index (κ1) is 29.2. The molecule has 0 fully saturated rings. The van der Waals surface area contributed by atoms with Gasteiger partial charge in [-0.2, -0.15) is 0 Å². The molecule has 5 unspecified atom stereocenters. The number of unbranched alkanes of at least 4 members (excludes halogenated alkanes) is 1. The predicted molar refractivity (Wildman–Crippen MR) is 112 cm³/mol. The summed E-state index contributed by atoms with van der Waals surface area (Å²) in [5, 5.41) is 34.4. The lowest BCUT2D eigenvalue weighted by atomic mass is 10.0. The molecule has 0 rings (SSSR count). The number of nitrogens with two attached hydrogens (primary N) is 3. The van der Waals surface area contributed by atoms with Gasteiger partial charge in [0.25, 0.3) is 0 Å². The van der Waals surface area contributed by atoms with Crippen LogP contribution >= 0.6 is 0 Å². The Kier molecular flexibility index (Phi) is 13.7. The Morgan fingerprint density at radius 2 is 1.38 bits per heavy atom. The van der Waals surface area contributed by atoms with Gasteiger partial charge < -0.3 is 48.5 Å². The number of aliphatic hydroxyl groups excluding tert-OH is 2. The number of nitrogens with one attached hydrogen (secondary N) is 3. The molecule has 5 atom stereocenters. The molecular formula is C18H34N6O8. The van der Waals surface area contributed by atoms with Crippen LogP contribution in [0, 0.1) is 0 Å². The van der Waals surface area contributed by atoms with Crippen LogP contribution in [0.2, 0.25) is 0 Å². The van der Waals surface area contributed by atoms with E-state index in [0.717, 1.165) is 0 Å². The van der Waals surface area contributed by atoms with Crippen LogP contribution in [0.5, 0.6) is 0 Å². The van der Waals surface area contributed by atoms with E-state index < -0.39 is 66.5 Å². The van der Waals surface area contributed by atoms with Gasteiger partial charge in [0.15, 0.2) is 0 Å². The second-order valence-corrected chi connectivity index (χ2v) is 7.26. The van der Waals surface area contributed by atoms with Crippen molar-refractivity contribution in [3.8, 4) is 0 Å². The van der Waals surface area contributed by atoms with Crippen molar-refractivity contribution >= 4 is 29.6 Å². The van der Waals surface area contributed by atoms with Crippen molar-refractivity contribution in [1.82, 2.24) is 16.0 Å². The summed E-state index contributed by atoms with van der Waals surface area (Å²) in [6.07, 6.45) is -0.594. The second kappa shape index (κ2) is 15.1.